The summed E-state index contributed by atoms with van der Waals surface area (Å²) in [6.07, 6.45) is 6.66. The number of nitrogens with zero attached hydrogens (tertiary/aromatic N) is 2. The lowest BCUT2D eigenvalue weighted by molar-refractivity contribution is -0.142. The predicted molar refractivity (Wildman–Crippen MR) is 165 cm³/mol. The average molecular weight is 601 g/mol. The Kier molecular flexibility index (Phi) is 11.5. The smallest absolute Gasteiger partial charge is 0.326 e. The summed E-state index contributed by atoms with van der Waals surface area (Å²) in [5.41, 5.74) is 2.16. The standard InChI is InChI=1S/C32H45ClN4O5/c1-22(2)42-21-20-37(18-5-4-9-24-13-12-23-8-7-17-34-29(23)35-24)19-14-26(30(38)39)36-31(40)32(15-16-32)28-25(33)10-6-11-27(28)41-3/h6,10-13,22,26H,4-5,7-9,14-21H2,1-3H3,(H,34,35)(H,36,40)(H,38,39). The van der Waals surface area contributed by atoms with Gasteiger partial charge in [0.15, 0.2) is 0 Å². The van der Waals surface area contributed by atoms with Crippen LogP contribution in [0, 0.1) is 0 Å². The number of amides is 1. The number of aliphatic carboxylic acids is 1. The van der Waals surface area contributed by atoms with Crippen molar-refractivity contribution in [3.8, 4) is 5.75 Å². The molecule has 42 heavy (non-hydrogen) atoms. The van der Waals surface area contributed by atoms with E-state index in [1.165, 1.54) is 5.56 Å². The molecule has 10 heteroatoms. The molecule has 2 aromatic rings. The average Bonchev–Trinajstić information content (AvgIpc) is 3.78. The first kappa shape index (κ1) is 32.0. The van der Waals surface area contributed by atoms with Crippen molar-refractivity contribution in [2.45, 2.75) is 82.8 Å². The second kappa shape index (κ2) is 15.0. The van der Waals surface area contributed by atoms with E-state index in [1.807, 2.05) is 13.8 Å². The molecule has 1 aliphatic heterocycles. The number of carboxylic acids is 1. The summed E-state index contributed by atoms with van der Waals surface area (Å²) < 4.78 is 11.3. The minimum absolute atomic E-state index is 0.123. The fraction of sp³-hybridized carbons (Fsp3) is 0.594. The van der Waals surface area contributed by atoms with Crippen LogP contribution in [0.15, 0.2) is 30.3 Å². The molecular formula is C32H45ClN4O5. The monoisotopic (exact) mass is 600 g/mol. The number of aryl methyl sites for hydroxylation is 2. The summed E-state index contributed by atoms with van der Waals surface area (Å²) in [5.74, 6) is 0.202. The van der Waals surface area contributed by atoms with E-state index in [1.54, 1.807) is 25.3 Å². The molecule has 1 aromatic carbocycles. The predicted octanol–water partition coefficient (Wildman–Crippen LogP) is 4.84. The first-order valence-corrected chi connectivity index (χ1v) is 15.5. The lowest BCUT2D eigenvalue weighted by Gasteiger charge is -2.26. The maximum Gasteiger partial charge on any atom is 0.326 e. The number of carbonyl (C=O) groups is 2. The Hall–Kier alpha value is -2.88. The van der Waals surface area contributed by atoms with Gasteiger partial charge in [-0.1, -0.05) is 23.7 Å². The van der Waals surface area contributed by atoms with Gasteiger partial charge in [-0.15, -0.1) is 0 Å². The van der Waals surface area contributed by atoms with E-state index < -0.39 is 17.4 Å². The molecule has 1 aliphatic carbocycles. The molecule has 230 valence electrons. The van der Waals surface area contributed by atoms with Crippen LogP contribution in [-0.2, 0) is 32.6 Å². The van der Waals surface area contributed by atoms with Gasteiger partial charge in [-0.2, -0.15) is 0 Å². The molecule has 0 saturated heterocycles. The molecule has 0 bridgehead atoms. The van der Waals surface area contributed by atoms with Crippen molar-refractivity contribution in [1.82, 2.24) is 15.2 Å². The van der Waals surface area contributed by atoms with E-state index >= 15 is 0 Å². The molecule has 2 heterocycles. The first-order valence-electron chi connectivity index (χ1n) is 15.2. The van der Waals surface area contributed by atoms with Gasteiger partial charge in [0.2, 0.25) is 5.91 Å². The molecule has 9 nitrogen and oxygen atoms in total. The van der Waals surface area contributed by atoms with Crippen molar-refractivity contribution in [3.63, 3.8) is 0 Å². The van der Waals surface area contributed by atoms with E-state index in [2.05, 4.69) is 27.7 Å². The number of hydrogen-bond acceptors (Lipinski definition) is 7. The second-order valence-electron chi connectivity index (χ2n) is 11.6. The number of halogens is 1. The fourth-order valence-corrected chi connectivity index (χ4v) is 5.97. The number of anilines is 1. The number of pyridine rings is 1. The van der Waals surface area contributed by atoms with Gasteiger partial charge in [0, 0.05) is 35.9 Å². The molecular weight excluding hydrogens is 556 g/mol. The van der Waals surface area contributed by atoms with E-state index in [4.69, 9.17) is 26.1 Å². The molecule has 1 aromatic heterocycles. The van der Waals surface area contributed by atoms with Gasteiger partial charge in [0.1, 0.15) is 17.6 Å². The summed E-state index contributed by atoms with van der Waals surface area (Å²) in [5, 5.41) is 16.7. The summed E-state index contributed by atoms with van der Waals surface area (Å²) in [4.78, 5) is 32.7. The highest BCUT2D eigenvalue weighted by atomic mass is 35.5. The lowest BCUT2D eigenvalue weighted by atomic mass is 9.93. The van der Waals surface area contributed by atoms with Crippen LogP contribution in [0.4, 0.5) is 5.82 Å². The number of aromatic nitrogens is 1. The fourth-order valence-electron chi connectivity index (χ4n) is 5.62. The number of unbranched alkanes of at least 4 members (excludes halogenated alkanes) is 1. The number of carbonyl (C=O) groups excluding carboxylic acids is 1. The molecule has 1 atom stereocenters. The lowest BCUT2D eigenvalue weighted by Crippen LogP contribution is -2.47. The molecule has 4 rings (SSSR count). The van der Waals surface area contributed by atoms with Crippen LogP contribution in [0.2, 0.25) is 5.02 Å². The zero-order valence-corrected chi connectivity index (χ0v) is 25.8. The Morgan fingerprint density at radius 3 is 2.69 bits per heavy atom. The zero-order chi connectivity index (χ0) is 30.1. The van der Waals surface area contributed by atoms with Crippen LogP contribution in [0.1, 0.15) is 69.2 Å². The Labute approximate surface area is 254 Å². The molecule has 0 spiro atoms. The third kappa shape index (κ3) is 8.36. The molecule has 3 N–H and O–H groups in total. The number of rotatable bonds is 17. The van der Waals surface area contributed by atoms with E-state index in [-0.39, 0.29) is 18.4 Å². The number of nitrogens with one attached hydrogen (secondary N) is 2. The number of methoxy groups -OCH3 is 1. The van der Waals surface area contributed by atoms with Crippen LogP contribution >= 0.6 is 11.6 Å². The van der Waals surface area contributed by atoms with E-state index in [9.17, 15) is 14.7 Å². The van der Waals surface area contributed by atoms with Gasteiger partial charge in [-0.3, -0.25) is 4.79 Å². The van der Waals surface area contributed by atoms with E-state index in [0.29, 0.717) is 48.9 Å². The topological polar surface area (TPSA) is 113 Å². The van der Waals surface area contributed by atoms with Gasteiger partial charge >= 0.3 is 5.97 Å². The summed E-state index contributed by atoms with van der Waals surface area (Å²) in [6.45, 7) is 7.58. The molecule has 1 saturated carbocycles. The van der Waals surface area contributed by atoms with Crippen molar-refractivity contribution in [1.29, 1.82) is 0 Å². The number of hydrogen-bond donors (Lipinski definition) is 3. The highest BCUT2D eigenvalue weighted by molar-refractivity contribution is 6.32. The molecule has 1 fully saturated rings. The number of fused-ring (bicyclic) bond motifs is 1. The van der Waals surface area contributed by atoms with E-state index in [0.717, 1.165) is 56.7 Å². The normalized spacial score (nSPS) is 16.0. The highest BCUT2D eigenvalue weighted by Crippen LogP contribution is 2.54. The largest absolute Gasteiger partial charge is 0.496 e. The van der Waals surface area contributed by atoms with Gasteiger partial charge in [0.25, 0.3) is 0 Å². The highest BCUT2D eigenvalue weighted by Gasteiger charge is 2.54. The Morgan fingerprint density at radius 1 is 1.17 bits per heavy atom. The third-order valence-corrected chi connectivity index (χ3v) is 8.48. The van der Waals surface area contributed by atoms with Crippen molar-refractivity contribution in [3.05, 3.63) is 52.2 Å². The van der Waals surface area contributed by atoms with Gasteiger partial charge in [-0.05, 0) is 95.5 Å². The number of ether oxygens (including phenoxy) is 2. The van der Waals surface area contributed by atoms with Crippen LogP contribution in [0.5, 0.6) is 5.75 Å². The summed E-state index contributed by atoms with van der Waals surface area (Å²) in [6, 6.07) is 8.59. The van der Waals surface area contributed by atoms with Crippen LogP contribution in [-0.4, -0.2) is 78.9 Å². The van der Waals surface area contributed by atoms with Crippen LogP contribution in [0.25, 0.3) is 0 Å². The molecule has 1 amide bonds. The maximum absolute atomic E-state index is 13.5. The van der Waals surface area contributed by atoms with Crippen LogP contribution in [0.3, 0.4) is 0 Å². The molecule has 2 aliphatic rings. The van der Waals surface area contributed by atoms with Crippen molar-refractivity contribution in [2.24, 2.45) is 0 Å². The number of carboxylic acid groups (broad SMARTS) is 1. The summed E-state index contributed by atoms with van der Waals surface area (Å²) in [7, 11) is 1.54. The Bertz CT molecular complexity index is 1220. The van der Waals surface area contributed by atoms with Gasteiger partial charge in [-0.25, -0.2) is 9.78 Å². The number of benzene rings is 1. The maximum atomic E-state index is 13.5. The van der Waals surface area contributed by atoms with Crippen molar-refractivity contribution >= 4 is 29.3 Å². The van der Waals surface area contributed by atoms with Gasteiger partial charge < -0.3 is 30.1 Å². The quantitative estimate of drug-likeness (QED) is 0.221. The molecule has 0 radical (unpaired) electrons. The third-order valence-electron chi connectivity index (χ3n) is 8.16. The minimum Gasteiger partial charge on any atom is -0.496 e. The first-order chi connectivity index (χ1) is 20.2. The Balaban J connectivity index is 1.32. The van der Waals surface area contributed by atoms with Crippen LogP contribution < -0.4 is 15.4 Å². The zero-order valence-electron chi connectivity index (χ0n) is 25.1. The summed E-state index contributed by atoms with van der Waals surface area (Å²) >= 11 is 6.48. The minimum atomic E-state index is -1.05. The molecule has 1 unspecified atom stereocenters. The van der Waals surface area contributed by atoms with Crippen molar-refractivity contribution in [2.75, 3.05) is 45.2 Å². The second-order valence-corrected chi connectivity index (χ2v) is 12.0. The van der Waals surface area contributed by atoms with Gasteiger partial charge in [0.05, 0.1) is 25.2 Å². The SMILES string of the molecule is COc1cccc(Cl)c1C1(C(=O)NC(CCN(CCCCc2ccc3c(n2)NCCC3)CCOC(C)C)C(=O)O)CC1. The van der Waals surface area contributed by atoms with Crippen molar-refractivity contribution < 1.29 is 24.2 Å². The Morgan fingerprint density at radius 2 is 1.98 bits per heavy atom.